The number of nitrogens with one attached hydrogen (secondary N) is 1. The molecule has 35 heavy (non-hydrogen) atoms. The van der Waals surface area contributed by atoms with E-state index in [2.05, 4.69) is 36.6 Å². The number of H-pyrrole nitrogens is 1. The smallest absolute Gasteiger partial charge is 0.246 e. The molecule has 0 unspecified atom stereocenters. The molecule has 0 aliphatic carbocycles. The van der Waals surface area contributed by atoms with Gasteiger partial charge in [-0.25, -0.2) is 20.9 Å². The monoisotopic (exact) mass is 490 g/mol. The second-order valence-corrected chi connectivity index (χ2v) is 8.65. The number of carbonyl (C=O) groups is 1. The Kier molecular flexibility index (Phi) is 5.78. The lowest BCUT2D eigenvalue weighted by molar-refractivity contribution is -0.128. The maximum atomic E-state index is 15.9. The van der Waals surface area contributed by atoms with E-state index in [1.165, 1.54) is 12.4 Å². The number of aryl methyl sites for hydroxylation is 1. The summed E-state index contributed by atoms with van der Waals surface area (Å²) >= 11 is 6.58. The van der Waals surface area contributed by atoms with Crippen molar-refractivity contribution in [3.05, 3.63) is 65.3 Å². The third-order valence-electron chi connectivity index (χ3n) is 6.24. The van der Waals surface area contributed by atoms with Crippen LogP contribution in [0.25, 0.3) is 37.9 Å². The van der Waals surface area contributed by atoms with Crippen LogP contribution < -0.4 is 4.90 Å². The highest BCUT2D eigenvalue weighted by atomic mass is 35.5. The molecular formula is C24H20ClFN8O. The fourth-order valence-electron chi connectivity index (χ4n) is 4.55. The number of nitrogens with zero attached hydrogens (tertiary/aromatic N) is 7. The molecule has 1 atom stereocenters. The van der Waals surface area contributed by atoms with Crippen LogP contribution in [-0.4, -0.2) is 68.2 Å². The van der Waals surface area contributed by atoms with Crippen LogP contribution in [0.3, 0.4) is 0 Å². The van der Waals surface area contributed by atoms with E-state index in [-0.39, 0.29) is 29.7 Å². The van der Waals surface area contributed by atoms with E-state index in [1.807, 2.05) is 17.9 Å². The first kappa shape index (κ1) is 22.7. The highest BCUT2D eigenvalue weighted by Gasteiger charge is 2.33. The summed E-state index contributed by atoms with van der Waals surface area (Å²) in [5, 5.41) is 8.44. The number of pyridine rings is 1. The van der Waals surface area contributed by atoms with Crippen LogP contribution in [0.1, 0.15) is 5.56 Å². The van der Waals surface area contributed by atoms with E-state index in [4.69, 9.17) is 18.2 Å². The van der Waals surface area contributed by atoms with E-state index < -0.39 is 5.82 Å². The summed E-state index contributed by atoms with van der Waals surface area (Å²) in [6.45, 7) is 14.0. The molecule has 1 aliphatic heterocycles. The molecule has 0 spiro atoms. The van der Waals surface area contributed by atoms with Gasteiger partial charge < -0.3 is 14.6 Å². The van der Waals surface area contributed by atoms with Crippen molar-refractivity contribution < 1.29 is 9.18 Å². The van der Waals surface area contributed by atoms with Gasteiger partial charge >= 0.3 is 0 Å². The van der Waals surface area contributed by atoms with Crippen molar-refractivity contribution in [3.63, 3.8) is 0 Å². The zero-order chi connectivity index (χ0) is 24.7. The number of rotatable bonds is 4. The predicted octanol–water partition coefficient (Wildman–Crippen LogP) is 3.79. The average molecular weight is 491 g/mol. The minimum atomic E-state index is -0.612. The highest BCUT2D eigenvalue weighted by molar-refractivity contribution is 6.35. The van der Waals surface area contributed by atoms with Crippen LogP contribution in [0.15, 0.2) is 37.4 Å². The molecule has 4 heterocycles. The van der Waals surface area contributed by atoms with E-state index >= 15 is 4.39 Å². The molecule has 1 fully saturated rings. The Morgan fingerprint density at radius 1 is 1.34 bits per heavy atom. The lowest BCUT2D eigenvalue weighted by Crippen LogP contribution is -2.56. The minimum absolute atomic E-state index is 0.0783. The first-order valence-corrected chi connectivity index (χ1v) is 11.2. The van der Waals surface area contributed by atoms with Crippen molar-refractivity contribution in [2.45, 2.75) is 13.0 Å². The second-order valence-electron chi connectivity index (χ2n) is 8.27. The molecule has 1 saturated heterocycles. The molecule has 0 saturated carbocycles. The van der Waals surface area contributed by atoms with Gasteiger partial charge in [0.2, 0.25) is 12.5 Å². The molecule has 0 radical (unpaired) electrons. The number of amides is 1. The van der Waals surface area contributed by atoms with Gasteiger partial charge in [-0.3, -0.25) is 14.9 Å². The van der Waals surface area contributed by atoms with Crippen molar-refractivity contribution in [2.75, 3.05) is 31.1 Å². The van der Waals surface area contributed by atoms with Gasteiger partial charge in [0.15, 0.2) is 5.82 Å². The fourth-order valence-corrected chi connectivity index (χ4v) is 4.80. The van der Waals surface area contributed by atoms with Gasteiger partial charge in [0, 0.05) is 36.8 Å². The average Bonchev–Trinajstić information content (AvgIpc) is 3.33. The van der Waals surface area contributed by atoms with Gasteiger partial charge in [0.05, 0.1) is 22.1 Å². The molecule has 0 bridgehead atoms. The number of hydrogen-bond acceptors (Lipinski definition) is 6. The lowest BCUT2D eigenvalue weighted by Gasteiger charge is -2.39. The Balaban J connectivity index is 1.59. The summed E-state index contributed by atoms with van der Waals surface area (Å²) in [5.41, 5.74) is 2.13. The Morgan fingerprint density at radius 3 is 2.94 bits per heavy atom. The number of halogens is 2. The van der Waals surface area contributed by atoms with Crippen molar-refractivity contribution >= 4 is 45.1 Å². The van der Waals surface area contributed by atoms with Gasteiger partial charge in [-0.15, -0.1) is 0 Å². The van der Waals surface area contributed by atoms with Gasteiger partial charge in [0.1, 0.15) is 29.4 Å². The maximum Gasteiger partial charge on any atom is 0.246 e. The SMILES string of the molecule is [C-]#[N+]C[C@H]1CN(c2ncnc3c(F)c(-c4c(Cl)c(C)cc5[nH]ncc45)ncc23)CCN1C(=O)C=C. The summed E-state index contributed by atoms with van der Waals surface area (Å²) in [6.07, 6.45) is 5.69. The Morgan fingerprint density at radius 2 is 2.17 bits per heavy atom. The van der Waals surface area contributed by atoms with Crippen molar-refractivity contribution in [3.8, 4) is 11.3 Å². The maximum absolute atomic E-state index is 15.9. The summed E-state index contributed by atoms with van der Waals surface area (Å²) in [7, 11) is 0. The summed E-state index contributed by atoms with van der Waals surface area (Å²) in [6, 6.07) is 1.51. The molecule has 1 aromatic carbocycles. The zero-order valence-electron chi connectivity index (χ0n) is 18.8. The van der Waals surface area contributed by atoms with E-state index in [1.54, 1.807) is 17.3 Å². The zero-order valence-corrected chi connectivity index (χ0v) is 19.6. The standard InChI is InChI=1S/C24H20ClFN8O/c1-4-18(35)34-6-5-33(11-14(34)8-27-3)24-16-9-28-23(21(26)22(16)29-12-30-24)19-15-10-31-32-17(15)7-13(2)20(19)25/h4,7,9-10,12,14H,1,5-6,8,11H2,2H3,(H,31,32)/t14-/m0/s1. The van der Waals surface area contributed by atoms with Crippen LogP contribution >= 0.6 is 11.6 Å². The van der Waals surface area contributed by atoms with E-state index in [9.17, 15) is 4.79 Å². The second kappa shape index (κ2) is 8.92. The summed E-state index contributed by atoms with van der Waals surface area (Å²) < 4.78 is 15.9. The number of aromatic amines is 1. The largest absolute Gasteiger partial charge is 0.352 e. The third kappa shape index (κ3) is 3.74. The van der Waals surface area contributed by atoms with Crippen LogP contribution in [-0.2, 0) is 4.79 Å². The van der Waals surface area contributed by atoms with Crippen molar-refractivity contribution in [1.82, 2.24) is 30.0 Å². The number of benzene rings is 1. The minimum Gasteiger partial charge on any atom is -0.352 e. The summed E-state index contributed by atoms with van der Waals surface area (Å²) in [5.74, 6) is -0.333. The molecule has 3 aromatic heterocycles. The molecule has 1 amide bonds. The van der Waals surface area contributed by atoms with Gasteiger partial charge in [0.25, 0.3) is 0 Å². The van der Waals surface area contributed by atoms with Gasteiger partial charge in [-0.1, -0.05) is 18.2 Å². The number of aromatic nitrogens is 5. The number of piperazine rings is 1. The van der Waals surface area contributed by atoms with Crippen LogP contribution in [0.2, 0.25) is 5.02 Å². The number of hydrogen-bond donors (Lipinski definition) is 1. The van der Waals surface area contributed by atoms with Gasteiger partial charge in [-0.2, -0.15) is 5.10 Å². The number of anilines is 1. The molecule has 9 nitrogen and oxygen atoms in total. The Hall–Kier alpha value is -4.10. The third-order valence-corrected chi connectivity index (χ3v) is 6.73. The fraction of sp³-hybridized carbons (Fsp3) is 0.250. The van der Waals surface area contributed by atoms with Crippen LogP contribution in [0.4, 0.5) is 10.2 Å². The summed E-state index contributed by atoms with van der Waals surface area (Å²) in [4.78, 5) is 32.3. The van der Waals surface area contributed by atoms with Crippen molar-refractivity contribution in [2.24, 2.45) is 0 Å². The topological polar surface area (TPSA) is 95.3 Å². The van der Waals surface area contributed by atoms with E-state index in [0.29, 0.717) is 46.8 Å². The number of fused-ring (bicyclic) bond motifs is 2. The molecule has 5 rings (SSSR count). The van der Waals surface area contributed by atoms with E-state index in [0.717, 1.165) is 11.1 Å². The van der Waals surface area contributed by atoms with Crippen LogP contribution in [0.5, 0.6) is 0 Å². The molecule has 11 heteroatoms. The highest BCUT2D eigenvalue weighted by Crippen LogP contribution is 2.39. The predicted molar refractivity (Wildman–Crippen MR) is 132 cm³/mol. The van der Waals surface area contributed by atoms with Crippen molar-refractivity contribution in [1.29, 1.82) is 0 Å². The molecule has 1 aliphatic rings. The van der Waals surface area contributed by atoms with Crippen LogP contribution in [0, 0.1) is 19.3 Å². The van der Waals surface area contributed by atoms with Gasteiger partial charge in [-0.05, 0) is 24.6 Å². The first-order chi connectivity index (χ1) is 16.9. The molecule has 4 aromatic rings. The molecular weight excluding hydrogens is 471 g/mol. The lowest BCUT2D eigenvalue weighted by atomic mass is 10.0. The molecule has 1 N–H and O–H groups in total. The normalized spacial score (nSPS) is 16.0. The first-order valence-electron chi connectivity index (χ1n) is 10.9. The Bertz CT molecular complexity index is 1530. The number of carbonyl (C=O) groups excluding carboxylic acids is 1. The Labute approximate surface area is 205 Å². The quantitative estimate of drug-likeness (QED) is 0.345. The molecule has 176 valence electrons.